The van der Waals surface area contributed by atoms with E-state index in [-0.39, 0.29) is 0 Å². The van der Waals surface area contributed by atoms with Crippen LogP contribution < -0.4 is 0 Å². The molecule has 9 atom stereocenters. The number of rotatable bonds is 3. The number of fused-ring (bicyclic) bond motifs is 2. The van der Waals surface area contributed by atoms with Crippen molar-refractivity contribution in [3.8, 4) is 0 Å². The van der Waals surface area contributed by atoms with Crippen LogP contribution in [0.1, 0.15) is 92.4 Å². The summed E-state index contributed by atoms with van der Waals surface area (Å²) in [4.78, 5) is 5.06. The molecule has 0 bridgehead atoms. The van der Waals surface area contributed by atoms with Gasteiger partial charge in [0.25, 0.3) is 0 Å². The van der Waals surface area contributed by atoms with Gasteiger partial charge in [-0.25, -0.2) is 0 Å². The molecule has 8 unspecified atom stereocenters. The molecule has 0 aromatic carbocycles. The summed E-state index contributed by atoms with van der Waals surface area (Å²) < 4.78 is 0. The lowest BCUT2D eigenvalue weighted by atomic mass is 9.41. The molecular formula is C28H50N2. The summed E-state index contributed by atoms with van der Waals surface area (Å²) >= 11 is 0. The summed E-state index contributed by atoms with van der Waals surface area (Å²) in [6, 6.07) is 1.48. The Balaban J connectivity index is 1.48. The van der Waals surface area contributed by atoms with Gasteiger partial charge in [0.05, 0.1) is 0 Å². The minimum atomic E-state index is 0.468. The molecule has 0 heterocycles. The van der Waals surface area contributed by atoms with Crippen molar-refractivity contribution in [2.45, 2.75) is 104 Å². The Morgan fingerprint density at radius 3 is 1.97 bits per heavy atom. The highest BCUT2D eigenvalue weighted by molar-refractivity contribution is 5.31. The maximum absolute atomic E-state index is 2.77. The van der Waals surface area contributed by atoms with Crippen LogP contribution in [0.3, 0.4) is 0 Å². The highest BCUT2D eigenvalue weighted by Crippen LogP contribution is 2.89. The lowest BCUT2D eigenvalue weighted by Gasteiger charge is -2.64. The first kappa shape index (κ1) is 21.7. The fourth-order valence-electron chi connectivity index (χ4n) is 11.4. The molecule has 5 saturated carbocycles. The Morgan fingerprint density at radius 2 is 1.33 bits per heavy atom. The predicted octanol–water partition coefficient (Wildman–Crippen LogP) is 6.31. The molecule has 2 nitrogen and oxygen atoms in total. The van der Waals surface area contributed by atoms with Gasteiger partial charge in [-0.3, -0.25) is 0 Å². The fourth-order valence-corrected chi connectivity index (χ4v) is 11.4. The lowest BCUT2D eigenvalue weighted by Crippen LogP contribution is -2.59. The fraction of sp³-hybridized carbons (Fsp3) is 1.00. The Labute approximate surface area is 187 Å². The molecular weight excluding hydrogens is 364 g/mol. The van der Waals surface area contributed by atoms with Crippen LogP contribution in [0.4, 0.5) is 0 Å². The Bertz CT molecular complexity index is 711. The molecule has 5 aliphatic carbocycles. The van der Waals surface area contributed by atoms with Crippen LogP contribution in [0.15, 0.2) is 0 Å². The minimum absolute atomic E-state index is 0.468. The molecule has 0 aromatic rings. The predicted molar refractivity (Wildman–Crippen MR) is 128 cm³/mol. The molecule has 0 saturated heterocycles. The van der Waals surface area contributed by atoms with Gasteiger partial charge in [0.2, 0.25) is 0 Å². The third-order valence-corrected chi connectivity index (χ3v) is 13.2. The SMILES string of the molecule is C[C@@H](C1CCC2(C)C3CCC4C(C)(C)C(N(C)C)CCC45CC35CCC12C)N(C)C. The lowest BCUT2D eigenvalue weighted by molar-refractivity contribution is -0.152. The van der Waals surface area contributed by atoms with E-state index in [4.69, 9.17) is 0 Å². The van der Waals surface area contributed by atoms with Crippen LogP contribution in [-0.2, 0) is 0 Å². The molecule has 30 heavy (non-hydrogen) atoms. The van der Waals surface area contributed by atoms with Crippen molar-refractivity contribution in [1.82, 2.24) is 9.80 Å². The first-order valence-corrected chi connectivity index (χ1v) is 13.2. The van der Waals surface area contributed by atoms with Crippen LogP contribution in [0, 0.1) is 44.8 Å². The first-order valence-electron chi connectivity index (χ1n) is 13.2. The van der Waals surface area contributed by atoms with Gasteiger partial charge in [-0.15, -0.1) is 0 Å². The highest BCUT2D eigenvalue weighted by Gasteiger charge is 2.82. The smallest absolute Gasteiger partial charge is 0.0143 e. The molecule has 0 aromatic heterocycles. The van der Waals surface area contributed by atoms with Crippen molar-refractivity contribution in [3.63, 3.8) is 0 Å². The van der Waals surface area contributed by atoms with Crippen LogP contribution in [0.25, 0.3) is 0 Å². The molecule has 0 aliphatic heterocycles. The van der Waals surface area contributed by atoms with Gasteiger partial charge in [0, 0.05) is 12.1 Å². The monoisotopic (exact) mass is 414 g/mol. The molecule has 0 N–H and O–H groups in total. The second-order valence-electron chi connectivity index (χ2n) is 14.2. The zero-order valence-corrected chi connectivity index (χ0v) is 21.6. The van der Waals surface area contributed by atoms with Gasteiger partial charge in [0.15, 0.2) is 0 Å². The van der Waals surface area contributed by atoms with Crippen molar-refractivity contribution < 1.29 is 0 Å². The van der Waals surface area contributed by atoms with E-state index in [1.54, 1.807) is 12.8 Å². The van der Waals surface area contributed by atoms with Gasteiger partial charge in [0.1, 0.15) is 0 Å². The number of hydrogen-bond acceptors (Lipinski definition) is 2. The van der Waals surface area contributed by atoms with Gasteiger partial charge < -0.3 is 9.80 Å². The van der Waals surface area contributed by atoms with E-state index in [1.165, 1.54) is 44.9 Å². The summed E-state index contributed by atoms with van der Waals surface area (Å²) in [5, 5.41) is 0. The summed E-state index contributed by atoms with van der Waals surface area (Å²) in [6.45, 7) is 13.3. The van der Waals surface area contributed by atoms with Crippen LogP contribution >= 0.6 is 0 Å². The standard InChI is InChI=1S/C28H50N2/c1-19(29(6)7)20-12-14-26(5)22-11-10-21-24(2,3)23(30(8)9)13-15-27(21)18-28(22,27)17-16-25(20,26)4/h19-23H,10-18H2,1-9H3/t19-,20?,21?,22?,23?,25?,26?,27?,28?/m0/s1. The van der Waals surface area contributed by atoms with Crippen molar-refractivity contribution in [2.24, 2.45) is 44.8 Å². The second kappa shape index (κ2) is 6.28. The quantitative estimate of drug-likeness (QED) is 0.534. The number of nitrogens with zero attached hydrogens (tertiary/aromatic N) is 2. The van der Waals surface area contributed by atoms with E-state index in [0.29, 0.717) is 33.1 Å². The van der Waals surface area contributed by atoms with Gasteiger partial charge in [-0.1, -0.05) is 27.7 Å². The zero-order chi connectivity index (χ0) is 21.9. The average molecular weight is 415 g/mol. The van der Waals surface area contributed by atoms with E-state index in [1.807, 2.05) is 0 Å². The first-order chi connectivity index (χ1) is 13.9. The maximum Gasteiger partial charge on any atom is 0.0143 e. The zero-order valence-electron chi connectivity index (χ0n) is 21.6. The van der Waals surface area contributed by atoms with Crippen molar-refractivity contribution >= 4 is 0 Å². The molecule has 5 fully saturated rings. The summed E-state index contributed by atoms with van der Waals surface area (Å²) in [7, 11) is 9.27. The normalized spacial score (nSPS) is 54.9. The van der Waals surface area contributed by atoms with Crippen molar-refractivity contribution in [1.29, 1.82) is 0 Å². The topological polar surface area (TPSA) is 6.48 Å². The van der Waals surface area contributed by atoms with Gasteiger partial charge >= 0.3 is 0 Å². The van der Waals surface area contributed by atoms with Gasteiger partial charge in [-0.05, 0) is 138 Å². The summed E-state index contributed by atoms with van der Waals surface area (Å²) in [5.41, 5.74) is 2.97. The Morgan fingerprint density at radius 1 is 0.700 bits per heavy atom. The maximum atomic E-state index is 2.77. The highest BCUT2D eigenvalue weighted by atomic mass is 15.1. The third-order valence-electron chi connectivity index (χ3n) is 13.2. The van der Waals surface area contributed by atoms with E-state index >= 15 is 0 Å². The summed E-state index contributed by atoms with van der Waals surface area (Å²) in [5.74, 6) is 2.82. The van der Waals surface area contributed by atoms with Crippen LogP contribution in [0.5, 0.6) is 0 Å². The number of hydrogen-bond donors (Lipinski definition) is 0. The molecule has 2 heteroatoms. The van der Waals surface area contributed by atoms with Crippen molar-refractivity contribution in [3.05, 3.63) is 0 Å². The summed E-state index contributed by atoms with van der Waals surface area (Å²) in [6.07, 6.45) is 13.5. The molecule has 5 aliphatic rings. The molecule has 172 valence electrons. The minimum Gasteiger partial charge on any atom is -0.306 e. The Kier molecular flexibility index (Phi) is 4.55. The van der Waals surface area contributed by atoms with Gasteiger partial charge in [-0.2, -0.15) is 0 Å². The third kappa shape index (κ3) is 2.29. The van der Waals surface area contributed by atoms with E-state index < -0.39 is 0 Å². The largest absolute Gasteiger partial charge is 0.306 e. The van der Waals surface area contributed by atoms with Crippen molar-refractivity contribution in [2.75, 3.05) is 28.2 Å². The van der Waals surface area contributed by atoms with E-state index in [0.717, 1.165) is 23.8 Å². The van der Waals surface area contributed by atoms with Crippen LogP contribution in [-0.4, -0.2) is 50.1 Å². The molecule has 5 rings (SSSR count). The average Bonchev–Trinajstić information content (AvgIpc) is 3.23. The molecule has 0 radical (unpaired) electrons. The second-order valence-corrected chi connectivity index (χ2v) is 14.2. The molecule has 0 amide bonds. The molecule has 2 spiro atoms. The van der Waals surface area contributed by atoms with Crippen LogP contribution in [0.2, 0.25) is 0 Å². The van der Waals surface area contributed by atoms with E-state index in [2.05, 4.69) is 72.6 Å². The van der Waals surface area contributed by atoms with E-state index in [9.17, 15) is 0 Å². The Hall–Kier alpha value is -0.0800.